The maximum Gasteiger partial charge on any atom is 0.132 e. The van der Waals surface area contributed by atoms with Crippen LogP contribution in [0.4, 0.5) is 0 Å². The van der Waals surface area contributed by atoms with Crippen molar-refractivity contribution in [3.8, 4) is 11.3 Å². The van der Waals surface area contributed by atoms with Gasteiger partial charge in [0, 0.05) is 11.5 Å². The number of benzene rings is 1. The van der Waals surface area contributed by atoms with Crippen molar-refractivity contribution in [1.29, 1.82) is 0 Å². The maximum atomic E-state index is 4.62. The van der Waals surface area contributed by atoms with Gasteiger partial charge >= 0.3 is 0 Å². The van der Waals surface area contributed by atoms with Gasteiger partial charge in [-0.1, -0.05) is 38.1 Å². The Morgan fingerprint density at radius 2 is 1.82 bits per heavy atom. The lowest BCUT2D eigenvalue weighted by Gasteiger charge is -2.09. The number of aromatic nitrogens is 2. The highest BCUT2D eigenvalue weighted by Crippen LogP contribution is 2.25. The van der Waals surface area contributed by atoms with Crippen molar-refractivity contribution >= 4 is 15.9 Å². The Bertz CT molecular complexity index is 535. The van der Waals surface area contributed by atoms with Gasteiger partial charge in [0.1, 0.15) is 10.4 Å². The Labute approximate surface area is 110 Å². The second-order valence-electron chi connectivity index (χ2n) is 4.40. The van der Waals surface area contributed by atoms with Gasteiger partial charge in [0.15, 0.2) is 0 Å². The zero-order chi connectivity index (χ0) is 12.4. The highest BCUT2D eigenvalue weighted by atomic mass is 79.9. The summed E-state index contributed by atoms with van der Waals surface area (Å²) in [6.07, 6.45) is 0. The first-order valence-electron chi connectivity index (χ1n) is 5.68. The van der Waals surface area contributed by atoms with E-state index in [2.05, 4.69) is 58.8 Å². The minimum absolute atomic E-state index is 0.329. The first kappa shape index (κ1) is 12.2. The molecule has 2 aromatic rings. The van der Waals surface area contributed by atoms with E-state index in [1.807, 2.05) is 18.2 Å². The lowest BCUT2D eigenvalue weighted by Crippen LogP contribution is -2.00. The number of rotatable bonds is 2. The Morgan fingerprint density at radius 1 is 1.12 bits per heavy atom. The third-order valence-electron chi connectivity index (χ3n) is 2.65. The molecular weight excluding hydrogens is 276 g/mol. The van der Waals surface area contributed by atoms with Crippen LogP contribution in [0.5, 0.6) is 0 Å². The van der Waals surface area contributed by atoms with Crippen LogP contribution in [0, 0.1) is 6.92 Å². The molecule has 0 aliphatic carbocycles. The van der Waals surface area contributed by atoms with E-state index in [4.69, 9.17) is 0 Å². The molecule has 0 saturated carbocycles. The van der Waals surface area contributed by atoms with Gasteiger partial charge in [0.2, 0.25) is 0 Å². The maximum absolute atomic E-state index is 4.62. The van der Waals surface area contributed by atoms with Crippen molar-refractivity contribution in [3.05, 3.63) is 46.3 Å². The molecule has 0 saturated heterocycles. The van der Waals surface area contributed by atoms with E-state index in [-0.39, 0.29) is 0 Å². The van der Waals surface area contributed by atoms with Crippen LogP contribution in [0.25, 0.3) is 11.3 Å². The molecule has 0 atom stereocenters. The molecule has 1 heterocycles. The molecule has 0 unspecified atom stereocenters. The molecule has 2 nitrogen and oxygen atoms in total. The predicted molar refractivity (Wildman–Crippen MR) is 74.0 cm³/mol. The number of hydrogen-bond acceptors (Lipinski definition) is 2. The molecule has 17 heavy (non-hydrogen) atoms. The van der Waals surface area contributed by atoms with Crippen molar-refractivity contribution in [2.75, 3.05) is 0 Å². The van der Waals surface area contributed by atoms with Crippen LogP contribution in [0.15, 0.2) is 34.9 Å². The molecule has 0 bridgehead atoms. The molecular formula is C14H15BrN2. The fourth-order valence-corrected chi connectivity index (χ4v) is 2.09. The summed E-state index contributed by atoms with van der Waals surface area (Å²) in [4.78, 5) is 9.02. The van der Waals surface area contributed by atoms with Gasteiger partial charge in [-0.2, -0.15) is 0 Å². The quantitative estimate of drug-likeness (QED) is 0.769. The first-order chi connectivity index (χ1) is 8.08. The average molecular weight is 291 g/mol. The lowest BCUT2D eigenvalue weighted by molar-refractivity contribution is 0.771. The summed E-state index contributed by atoms with van der Waals surface area (Å²) >= 11 is 3.45. The fraction of sp³-hybridized carbons (Fsp3) is 0.286. The van der Waals surface area contributed by atoms with Gasteiger partial charge in [0.05, 0.1) is 5.69 Å². The van der Waals surface area contributed by atoms with Crippen LogP contribution >= 0.6 is 15.9 Å². The monoisotopic (exact) mass is 290 g/mol. The lowest BCUT2D eigenvalue weighted by atomic mass is 10.1. The number of hydrogen-bond donors (Lipinski definition) is 0. The zero-order valence-electron chi connectivity index (χ0n) is 10.2. The van der Waals surface area contributed by atoms with E-state index >= 15 is 0 Å². The second-order valence-corrected chi connectivity index (χ2v) is 5.22. The summed E-state index contributed by atoms with van der Waals surface area (Å²) in [5.74, 6) is 1.20. The third kappa shape index (κ3) is 2.72. The highest BCUT2D eigenvalue weighted by molar-refractivity contribution is 9.10. The summed E-state index contributed by atoms with van der Waals surface area (Å²) in [6.45, 7) is 6.30. The van der Waals surface area contributed by atoms with E-state index in [9.17, 15) is 0 Å². The summed E-state index contributed by atoms with van der Waals surface area (Å²) in [5, 5.41) is 0. The molecule has 2 rings (SSSR count). The van der Waals surface area contributed by atoms with E-state index in [0.29, 0.717) is 5.92 Å². The molecule has 3 heteroatoms. The SMILES string of the molecule is Cc1ccccc1-c1cc(Br)nc(C(C)C)n1. The zero-order valence-corrected chi connectivity index (χ0v) is 11.8. The molecule has 0 amide bonds. The Balaban J connectivity index is 2.56. The molecule has 0 N–H and O–H groups in total. The van der Waals surface area contributed by atoms with Crippen LogP contribution in [0.1, 0.15) is 31.2 Å². The standard InChI is InChI=1S/C14H15BrN2/c1-9(2)14-16-12(8-13(15)17-14)11-7-5-4-6-10(11)3/h4-9H,1-3H3. The van der Waals surface area contributed by atoms with Gasteiger partial charge in [-0.05, 0) is 34.5 Å². The van der Waals surface area contributed by atoms with Crippen LogP contribution < -0.4 is 0 Å². The summed E-state index contributed by atoms with van der Waals surface area (Å²) < 4.78 is 0.842. The Morgan fingerprint density at radius 3 is 2.47 bits per heavy atom. The molecule has 1 aromatic heterocycles. The van der Waals surface area contributed by atoms with Gasteiger partial charge < -0.3 is 0 Å². The van der Waals surface area contributed by atoms with E-state index in [1.54, 1.807) is 0 Å². The van der Waals surface area contributed by atoms with Gasteiger partial charge in [0.25, 0.3) is 0 Å². The Hall–Kier alpha value is -1.22. The Kier molecular flexibility index (Phi) is 3.57. The number of nitrogens with zero attached hydrogens (tertiary/aromatic N) is 2. The van der Waals surface area contributed by atoms with E-state index in [1.165, 1.54) is 5.56 Å². The molecule has 1 aromatic carbocycles. The molecule has 0 aliphatic rings. The van der Waals surface area contributed by atoms with Crippen molar-refractivity contribution in [2.24, 2.45) is 0 Å². The number of halogens is 1. The van der Waals surface area contributed by atoms with E-state index < -0.39 is 0 Å². The smallest absolute Gasteiger partial charge is 0.132 e. The highest BCUT2D eigenvalue weighted by Gasteiger charge is 2.09. The van der Waals surface area contributed by atoms with Crippen molar-refractivity contribution in [1.82, 2.24) is 9.97 Å². The van der Waals surface area contributed by atoms with Gasteiger partial charge in [-0.25, -0.2) is 9.97 Å². The largest absolute Gasteiger partial charge is 0.233 e. The van der Waals surface area contributed by atoms with Crippen molar-refractivity contribution in [2.45, 2.75) is 26.7 Å². The number of aryl methyl sites for hydroxylation is 1. The van der Waals surface area contributed by atoms with Crippen molar-refractivity contribution < 1.29 is 0 Å². The predicted octanol–water partition coefficient (Wildman–Crippen LogP) is 4.34. The summed E-state index contributed by atoms with van der Waals surface area (Å²) in [6, 6.07) is 10.2. The average Bonchev–Trinajstić information content (AvgIpc) is 2.28. The molecule has 0 radical (unpaired) electrons. The minimum Gasteiger partial charge on any atom is -0.233 e. The van der Waals surface area contributed by atoms with Crippen LogP contribution in [-0.4, -0.2) is 9.97 Å². The summed E-state index contributed by atoms with van der Waals surface area (Å²) in [5.41, 5.74) is 3.37. The van der Waals surface area contributed by atoms with Crippen LogP contribution in [0.3, 0.4) is 0 Å². The van der Waals surface area contributed by atoms with Gasteiger partial charge in [-0.3, -0.25) is 0 Å². The molecule has 88 valence electrons. The van der Waals surface area contributed by atoms with Crippen LogP contribution in [0.2, 0.25) is 0 Å². The summed E-state index contributed by atoms with van der Waals surface area (Å²) in [7, 11) is 0. The molecule has 0 aliphatic heterocycles. The normalized spacial score (nSPS) is 10.9. The van der Waals surface area contributed by atoms with Crippen LogP contribution in [-0.2, 0) is 0 Å². The minimum atomic E-state index is 0.329. The van der Waals surface area contributed by atoms with Crippen molar-refractivity contribution in [3.63, 3.8) is 0 Å². The second kappa shape index (κ2) is 4.96. The third-order valence-corrected chi connectivity index (χ3v) is 3.06. The molecule has 0 spiro atoms. The van der Waals surface area contributed by atoms with Gasteiger partial charge in [-0.15, -0.1) is 0 Å². The van der Waals surface area contributed by atoms with E-state index in [0.717, 1.165) is 21.7 Å². The topological polar surface area (TPSA) is 25.8 Å². The molecule has 0 fully saturated rings. The first-order valence-corrected chi connectivity index (χ1v) is 6.47. The fourth-order valence-electron chi connectivity index (χ4n) is 1.69.